The maximum Gasteiger partial charge on any atom is 0.166 e. The van der Waals surface area contributed by atoms with Crippen molar-refractivity contribution in [2.24, 2.45) is 5.92 Å². The molecule has 1 saturated heterocycles. The number of hydrogen-bond donors (Lipinski definition) is 0. The standard InChI is InChI=1S/C13H18N2O/c1-10(2)13(16)11-5-6-12(14-9-11)15-7-3-4-8-15/h5-6,9-10H,3-4,7-8H2,1-2H3. The van der Waals surface area contributed by atoms with Gasteiger partial charge in [0.1, 0.15) is 5.82 Å². The first-order valence-electron chi connectivity index (χ1n) is 5.93. The molecule has 1 aliphatic heterocycles. The molecule has 0 aliphatic carbocycles. The molecule has 1 aliphatic rings. The van der Waals surface area contributed by atoms with Gasteiger partial charge < -0.3 is 4.90 Å². The number of nitrogens with zero attached hydrogens (tertiary/aromatic N) is 2. The quantitative estimate of drug-likeness (QED) is 0.731. The van der Waals surface area contributed by atoms with Gasteiger partial charge in [0.15, 0.2) is 5.78 Å². The Labute approximate surface area is 96.5 Å². The van der Waals surface area contributed by atoms with E-state index in [1.54, 1.807) is 6.20 Å². The molecule has 0 amide bonds. The van der Waals surface area contributed by atoms with Gasteiger partial charge in [0.25, 0.3) is 0 Å². The largest absolute Gasteiger partial charge is 0.357 e. The van der Waals surface area contributed by atoms with Crippen molar-refractivity contribution < 1.29 is 4.79 Å². The number of carbonyl (C=O) groups excluding carboxylic acids is 1. The van der Waals surface area contributed by atoms with Crippen LogP contribution in [-0.2, 0) is 0 Å². The summed E-state index contributed by atoms with van der Waals surface area (Å²) in [6.07, 6.45) is 4.19. The highest BCUT2D eigenvalue weighted by Gasteiger charge is 2.15. The molecule has 0 bridgehead atoms. The summed E-state index contributed by atoms with van der Waals surface area (Å²) in [4.78, 5) is 18.4. The van der Waals surface area contributed by atoms with Crippen molar-refractivity contribution in [3.8, 4) is 0 Å². The average Bonchev–Trinajstić information content (AvgIpc) is 2.81. The Morgan fingerprint density at radius 1 is 1.31 bits per heavy atom. The lowest BCUT2D eigenvalue weighted by atomic mass is 10.0. The van der Waals surface area contributed by atoms with Crippen LogP contribution in [0.3, 0.4) is 0 Å². The number of pyridine rings is 1. The van der Waals surface area contributed by atoms with E-state index >= 15 is 0 Å². The molecule has 0 unspecified atom stereocenters. The summed E-state index contributed by atoms with van der Waals surface area (Å²) in [5.74, 6) is 1.21. The molecule has 0 spiro atoms. The molecular weight excluding hydrogens is 200 g/mol. The molecule has 0 saturated carbocycles. The van der Waals surface area contributed by atoms with Crippen LogP contribution < -0.4 is 4.90 Å². The summed E-state index contributed by atoms with van der Waals surface area (Å²) in [5.41, 5.74) is 0.720. The highest BCUT2D eigenvalue weighted by molar-refractivity contribution is 5.97. The van der Waals surface area contributed by atoms with E-state index in [-0.39, 0.29) is 11.7 Å². The molecule has 0 radical (unpaired) electrons. The van der Waals surface area contributed by atoms with E-state index in [4.69, 9.17) is 0 Å². The summed E-state index contributed by atoms with van der Waals surface area (Å²) in [5, 5.41) is 0. The normalized spacial score (nSPS) is 15.8. The molecule has 1 aromatic heterocycles. The predicted octanol–water partition coefficient (Wildman–Crippen LogP) is 2.52. The second kappa shape index (κ2) is 4.64. The zero-order chi connectivity index (χ0) is 11.5. The Balaban J connectivity index is 2.12. The van der Waals surface area contributed by atoms with Crippen LogP contribution in [0, 0.1) is 5.92 Å². The fraction of sp³-hybridized carbons (Fsp3) is 0.538. The maximum atomic E-state index is 11.7. The second-order valence-electron chi connectivity index (χ2n) is 4.62. The molecule has 2 rings (SSSR count). The fourth-order valence-corrected chi connectivity index (χ4v) is 2.00. The highest BCUT2D eigenvalue weighted by atomic mass is 16.1. The van der Waals surface area contributed by atoms with Crippen LogP contribution >= 0.6 is 0 Å². The van der Waals surface area contributed by atoms with Crippen molar-refractivity contribution in [3.63, 3.8) is 0 Å². The van der Waals surface area contributed by atoms with Gasteiger partial charge in [-0.05, 0) is 25.0 Å². The van der Waals surface area contributed by atoms with Crippen LogP contribution in [0.15, 0.2) is 18.3 Å². The first kappa shape index (κ1) is 11.1. The summed E-state index contributed by atoms with van der Waals surface area (Å²) in [7, 11) is 0. The molecule has 3 nitrogen and oxygen atoms in total. The third kappa shape index (κ3) is 2.23. The van der Waals surface area contributed by atoms with Crippen LogP contribution in [-0.4, -0.2) is 23.9 Å². The summed E-state index contributed by atoms with van der Waals surface area (Å²) in [6, 6.07) is 3.85. The lowest BCUT2D eigenvalue weighted by Gasteiger charge is -2.16. The summed E-state index contributed by atoms with van der Waals surface area (Å²) < 4.78 is 0. The van der Waals surface area contributed by atoms with Crippen LogP contribution in [0.25, 0.3) is 0 Å². The van der Waals surface area contributed by atoms with Crippen molar-refractivity contribution in [3.05, 3.63) is 23.9 Å². The Morgan fingerprint density at radius 3 is 2.50 bits per heavy atom. The topological polar surface area (TPSA) is 33.2 Å². The van der Waals surface area contributed by atoms with Gasteiger partial charge >= 0.3 is 0 Å². The van der Waals surface area contributed by atoms with Gasteiger partial charge in [-0.15, -0.1) is 0 Å². The van der Waals surface area contributed by atoms with E-state index in [0.717, 1.165) is 24.5 Å². The smallest absolute Gasteiger partial charge is 0.166 e. The SMILES string of the molecule is CC(C)C(=O)c1ccc(N2CCCC2)nc1. The van der Waals surface area contributed by atoms with Crippen molar-refractivity contribution in [2.45, 2.75) is 26.7 Å². The average molecular weight is 218 g/mol. The molecule has 0 aromatic carbocycles. The number of hydrogen-bond acceptors (Lipinski definition) is 3. The molecular formula is C13H18N2O. The monoisotopic (exact) mass is 218 g/mol. The Morgan fingerprint density at radius 2 is 2.00 bits per heavy atom. The molecule has 1 aromatic rings. The minimum atomic E-state index is 0.0411. The fourth-order valence-electron chi connectivity index (χ4n) is 2.00. The molecule has 0 N–H and O–H groups in total. The second-order valence-corrected chi connectivity index (χ2v) is 4.62. The first-order chi connectivity index (χ1) is 7.68. The minimum absolute atomic E-state index is 0.0411. The zero-order valence-corrected chi connectivity index (χ0v) is 9.94. The van der Waals surface area contributed by atoms with Gasteiger partial charge in [0, 0.05) is 30.8 Å². The van der Waals surface area contributed by atoms with Gasteiger partial charge in [-0.25, -0.2) is 4.98 Å². The lowest BCUT2D eigenvalue weighted by Crippen LogP contribution is -2.19. The van der Waals surface area contributed by atoms with Crippen molar-refractivity contribution in [1.29, 1.82) is 0 Å². The maximum absolute atomic E-state index is 11.7. The van der Waals surface area contributed by atoms with Crippen LogP contribution in [0.5, 0.6) is 0 Å². The number of aromatic nitrogens is 1. The molecule has 2 heterocycles. The Hall–Kier alpha value is -1.38. The number of anilines is 1. The van der Waals surface area contributed by atoms with Gasteiger partial charge in [-0.2, -0.15) is 0 Å². The van der Waals surface area contributed by atoms with E-state index < -0.39 is 0 Å². The van der Waals surface area contributed by atoms with E-state index in [1.807, 2.05) is 26.0 Å². The molecule has 0 atom stereocenters. The predicted molar refractivity (Wildman–Crippen MR) is 64.9 cm³/mol. The summed E-state index contributed by atoms with van der Waals surface area (Å²) in [6.45, 7) is 6.00. The van der Waals surface area contributed by atoms with E-state index in [2.05, 4.69) is 9.88 Å². The van der Waals surface area contributed by atoms with Crippen LogP contribution in [0.1, 0.15) is 37.0 Å². The number of rotatable bonds is 3. The number of ketones is 1. The van der Waals surface area contributed by atoms with Crippen LogP contribution in [0.4, 0.5) is 5.82 Å². The third-order valence-corrected chi connectivity index (χ3v) is 2.99. The van der Waals surface area contributed by atoms with Crippen LogP contribution in [0.2, 0.25) is 0 Å². The minimum Gasteiger partial charge on any atom is -0.357 e. The zero-order valence-electron chi connectivity index (χ0n) is 9.94. The number of carbonyl (C=O) groups is 1. The Bertz CT molecular complexity index is 364. The highest BCUT2D eigenvalue weighted by Crippen LogP contribution is 2.18. The molecule has 86 valence electrons. The first-order valence-corrected chi connectivity index (χ1v) is 5.93. The van der Waals surface area contributed by atoms with Crippen molar-refractivity contribution in [1.82, 2.24) is 4.98 Å². The van der Waals surface area contributed by atoms with Crippen molar-refractivity contribution >= 4 is 11.6 Å². The Kier molecular flexibility index (Phi) is 3.22. The molecule has 16 heavy (non-hydrogen) atoms. The van der Waals surface area contributed by atoms with Gasteiger partial charge in [-0.1, -0.05) is 13.8 Å². The van der Waals surface area contributed by atoms with Gasteiger partial charge in [0.05, 0.1) is 0 Å². The summed E-state index contributed by atoms with van der Waals surface area (Å²) >= 11 is 0. The van der Waals surface area contributed by atoms with E-state index in [9.17, 15) is 4.79 Å². The van der Waals surface area contributed by atoms with Gasteiger partial charge in [0.2, 0.25) is 0 Å². The third-order valence-electron chi connectivity index (χ3n) is 2.99. The number of Topliss-reactive ketones (excluding diaryl/α,β-unsaturated/α-hetero) is 1. The van der Waals surface area contributed by atoms with Crippen molar-refractivity contribution in [2.75, 3.05) is 18.0 Å². The molecule has 3 heteroatoms. The van der Waals surface area contributed by atoms with E-state index in [0.29, 0.717) is 0 Å². The van der Waals surface area contributed by atoms with E-state index in [1.165, 1.54) is 12.8 Å². The molecule has 1 fully saturated rings. The lowest BCUT2D eigenvalue weighted by molar-refractivity contribution is 0.0939. The van der Waals surface area contributed by atoms with Gasteiger partial charge in [-0.3, -0.25) is 4.79 Å².